The zero-order chi connectivity index (χ0) is 21.7. The fourth-order valence-electron chi connectivity index (χ4n) is 4.36. The Morgan fingerprint density at radius 1 is 1.07 bits per heavy atom. The maximum Gasteiger partial charge on any atom is 0.241 e. The van der Waals surface area contributed by atoms with Gasteiger partial charge in [0.05, 0.1) is 18.3 Å². The number of piperidine rings is 1. The minimum Gasteiger partial charge on any atom is -0.339 e. The summed E-state index contributed by atoms with van der Waals surface area (Å²) in [7, 11) is 0. The number of para-hydroxylation sites is 1. The van der Waals surface area contributed by atoms with Crippen LogP contribution >= 0.6 is 0 Å². The van der Waals surface area contributed by atoms with Crippen LogP contribution in [0.4, 0.5) is 5.69 Å². The summed E-state index contributed by atoms with van der Waals surface area (Å²) in [5.74, 6) is 0.0394. The molecule has 0 radical (unpaired) electrons. The molecule has 2 aliphatic heterocycles. The maximum atomic E-state index is 12.7. The van der Waals surface area contributed by atoms with Gasteiger partial charge in [0.2, 0.25) is 11.8 Å². The topological polar surface area (TPSA) is 73.0 Å². The molecule has 2 aliphatic rings. The van der Waals surface area contributed by atoms with Crippen molar-refractivity contribution >= 4 is 23.3 Å². The molecule has 1 aromatic carbocycles. The third-order valence-corrected chi connectivity index (χ3v) is 6.38. The SMILES string of the molecule is CC(=O)c1ccccc1NC(=O)C(C)N1CCN(CC(=O)N2CCCCC2C)CC1. The van der Waals surface area contributed by atoms with Crippen LogP contribution in [0.2, 0.25) is 0 Å². The third-order valence-electron chi connectivity index (χ3n) is 6.38. The molecule has 2 unspecified atom stereocenters. The summed E-state index contributed by atoms with van der Waals surface area (Å²) in [6.45, 7) is 9.90. The van der Waals surface area contributed by atoms with Gasteiger partial charge in [0, 0.05) is 44.3 Å². The van der Waals surface area contributed by atoms with E-state index in [1.54, 1.807) is 18.2 Å². The predicted molar refractivity (Wildman–Crippen MR) is 118 cm³/mol. The Balaban J connectivity index is 1.49. The molecule has 2 atom stereocenters. The Bertz CT molecular complexity index is 773. The normalized spacial score (nSPS) is 21.8. The number of benzene rings is 1. The van der Waals surface area contributed by atoms with Gasteiger partial charge in [0.25, 0.3) is 0 Å². The number of hydrogen-bond acceptors (Lipinski definition) is 5. The molecular weight excluding hydrogens is 380 g/mol. The first-order chi connectivity index (χ1) is 14.4. The van der Waals surface area contributed by atoms with E-state index in [-0.39, 0.29) is 23.6 Å². The lowest BCUT2D eigenvalue weighted by molar-refractivity contribution is -0.136. The number of anilines is 1. The third kappa shape index (κ3) is 5.46. The van der Waals surface area contributed by atoms with E-state index in [2.05, 4.69) is 22.0 Å². The molecule has 0 bridgehead atoms. The lowest BCUT2D eigenvalue weighted by atomic mass is 10.0. The predicted octanol–water partition coefficient (Wildman–Crippen LogP) is 2.23. The van der Waals surface area contributed by atoms with E-state index >= 15 is 0 Å². The molecular formula is C23H34N4O3. The van der Waals surface area contributed by atoms with Crippen molar-refractivity contribution in [2.75, 3.05) is 44.6 Å². The number of amides is 2. The molecule has 0 aliphatic carbocycles. The number of hydrogen-bond donors (Lipinski definition) is 1. The summed E-state index contributed by atoms with van der Waals surface area (Å²) in [6, 6.07) is 7.12. The van der Waals surface area contributed by atoms with Crippen molar-refractivity contribution in [1.82, 2.24) is 14.7 Å². The summed E-state index contributed by atoms with van der Waals surface area (Å²) < 4.78 is 0. The number of likely N-dealkylation sites (tertiary alicyclic amines) is 1. The van der Waals surface area contributed by atoms with Gasteiger partial charge in [-0.05, 0) is 52.2 Å². The number of piperazine rings is 1. The van der Waals surface area contributed by atoms with E-state index < -0.39 is 0 Å². The van der Waals surface area contributed by atoms with E-state index in [1.807, 2.05) is 17.9 Å². The second kappa shape index (κ2) is 10.2. The second-order valence-corrected chi connectivity index (χ2v) is 8.51. The monoisotopic (exact) mass is 414 g/mol. The van der Waals surface area contributed by atoms with Crippen LogP contribution in [0.3, 0.4) is 0 Å². The molecule has 2 heterocycles. The van der Waals surface area contributed by atoms with E-state index in [0.717, 1.165) is 45.6 Å². The average Bonchev–Trinajstić information content (AvgIpc) is 2.74. The summed E-state index contributed by atoms with van der Waals surface area (Å²) >= 11 is 0. The summed E-state index contributed by atoms with van der Waals surface area (Å²) in [5.41, 5.74) is 1.08. The quantitative estimate of drug-likeness (QED) is 0.723. The minimum atomic E-state index is -0.301. The van der Waals surface area contributed by atoms with E-state index in [0.29, 0.717) is 23.8 Å². The van der Waals surface area contributed by atoms with Gasteiger partial charge in [-0.2, -0.15) is 0 Å². The number of nitrogens with zero attached hydrogens (tertiary/aromatic N) is 3. The van der Waals surface area contributed by atoms with Gasteiger partial charge in [-0.1, -0.05) is 12.1 Å². The number of ketones is 1. The van der Waals surface area contributed by atoms with Crippen LogP contribution in [-0.4, -0.2) is 83.6 Å². The first kappa shape index (κ1) is 22.4. The highest BCUT2D eigenvalue weighted by atomic mass is 16.2. The first-order valence-electron chi connectivity index (χ1n) is 11.0. The molecule has 1 aromatic rings. The minimum absolute atomic E-state index is 0.0696. The zero-order valence-electron chi connectivity index (χ0n) is 18.4. The van der Waals surface area contributed by atoms with E-state index in [9.17, 15) is 14.4 Å². The number of rotatable bonds is 6. The summed E-state index contributed by atoms with van der Waals surface area (Å²) in [6.07, 6.45) is 3.41. The molecule has 0 spiro atoms. The van der Waals surface area contributed by atoms with Crippen LogP contribution in [0, 0.1) is 0 Å². The Morgan fingerprint density at radius 2 is 1.77 bits per heavy atom. The fourth-order valence-corrected chi connectivity index (χ4v) is 4.36. The average molecular weight is 415 g/mol. The van der Waals surface area contributed by atoms with Crippen molar-refractivity contribution in [3.05, 3.63) is 29.8 Å². The number of nitrogens with one attached hydrogen (secondary N) is 1. The molecule has 7 nitrogen and oxygen atoms in total. The number of carbonyl (C=O) groups is 3. The largest absolute Gasteiger partial charge is 0.339 e. The molecule has 2 fully saturated rings. The van der Waals surface area contributed by atoms with Crippen molar-refractivity contribution in [3.63, 3.8) is 0 Å². The Morgan fingerprint density at radius 3 is 2.43 bits per heavy atom. The van der Waals surface area contributed by atoms with Gasteiger partial charge in [0.15, 0.2) is 5.78 Å². The molecule has 0 aromatic heterocycles. The number of Topliss-reactive ketones (excluding diaryl/α,β-unsaturated/α-hetero) is 1. The molecule has 30 heavy (non-hydrogen) atoms. The molecule has 164 valence electrons. The molecule has 0 saturated carbocycles. The lowest BCUT2D eigenvalue weighted by Gasteiger charge is -2.39. The summed E-state index contributed by atoms with van der Waals surface area (Å²) in [5, 5.41) is 2.90. The second-order valence-electron chi connectivity index (χ2n) is 8.51. The molecule has 1 N–H and O–H groups in total. The first-order valence-corrected chi connectivity index (χ1v) is 11.0. The Hall–Kier alpha value is -2.25. The Labute approximate surface area is 179 Å². The number of carbonyl (C=O) groups excluding carboxylic acids is 3. The van der Waals surface area contributed by atoms with Crippen molar-refractivity contribution < 1.29 is 14.4 Å². The van der Waals surface area contributed by atoms with Crippen molar-refractivity contribution in [3.8, 4) is 0 Å². The van der Waals surface area contributed by atoms with E-state index in [1.165, 1.54) is 13.3 Å². The molecule has 2 amide bonds. The molecule has 3 rings (SSSR count). The lowest BCUT2D eigenvalue weighted by Crippen LogP contribution is -2.55. The highest BCUT2D eigenvalue weighted by Gasteiger charge is 2.29. The van der Waals surface area contributed by atoms with E-state index in [4.69, 9.17) is 0 Å². The van der Waals surface area contributed by atoms with Crippen LogP contribution in [0.15, 0.2) is 24.3 Å². The van der Waals surface area contributed by atoms with Crippen LogP contribution < -0.4 is 5.32 Å². The summed E-state index contributed by atoms with van der Waals surface area (Å²) in [4.78, 5) is 43.6. The zero-order valence-corrected chi connectivity index (χ0v) is 18.4. The van der Waals surface area contributed by atoms with Crippen LogP contribution in [0.5, 0.6) is 0 Å². The highest BCUT2D eigenvalue weighted by Crippen LogP contribution is 2.18. The molecule has 7 heteroatoms. The van der Waals surface area contributed by atoms with Crippen molar-refractivity contribution in [2.24, 2.45) is 0 Å². The highest BCUT2D eigenvalue weighted by molar-refractivity contribution is 6.04. The van der Waals surface area contributed by atoms with Gasteiger partial charge in [-0.15, -0.1) is 0 Å². The van der Waals surface area contributed by atoms with Crippen LogP contribution in [-0.2, 0) is 9.59 Å². The Kier molecular flexibility index (Phi) is 7.61. The van der Waals surface area contributed by atoms with Gasteiger partial charge in [-0.25, -0.2) is 0 Å². The smallest absolute Gasteiger partial charge is 0.241 e. The van der Waals surface area contributed by atoms with Crippen molar-refractivity contribution in [2.45, 2.75) is 52.1 Å². The van der Waals surface area contributed by atoms with Gasteiger partial charge in [-0.3, -0.25) is 24.2 Å². The van der Waals surface area contributed by atoms with Gasteiger partial charge < -0.3 is 10.2 Å². The van der Waals surface area contributed by atoms with Crippen LogP contribution in [0.1, 0.15) is 50.4 Å². The van der Waals surface area contributed by atoms with Gasteiger partial charge in [0.1, 0.15) is 0 Å². The maximum absolute atomic E-state index is 12.7. The van der Waals surface area contributed by atoms with Crippen LogP contribution in [0.25, 0.3) is 0 Å². The van der Waals surface area contributed by atoms with Crippen molar-refractivity contribution in [1.29, 1.82) is 0 Å². The standard InChI is InChI=1S/C23H34N4O3/c1-17-8-6-7-11-27(17)22(29)16-25-12-14-26(15-13-25)18(2)23(30)24-21-10-5-4-9-20(21)19(3)28/h4-5,9-10,17-18H,6-8,11-16H2,1-3H3,(H,24,30). The molecule has 2 saturated heterocycles. The fraction of sp³-hybridized carbons (Fsp3) is 0.609. The van der Waals surface area contributed by atoms with Gasteiger partial charge >= 0.3 is 0 Å².